The minimum absolute atomic E-state index is 0.0165. The maximum absolute atomic E-state index is 12.3. The molecule has 4 N–H and O–H groups in total. The lowest BCUT2D eigenvalue weighted by atomic mass is 10.0. The van der Waals surface area contributed by atoms with Crippen molar-refractivity contribution in [2.75, 3.05) is 11.1 Å². The molecule has 0 aromatic heterocycles. The molecule has 0 bridgehead atoms. The number of rotatable bonds is 9. The van der Waals surface area contributed by atoms with Gasteiger partial charge >= 0.3 is 6.03 Å². The van der Waals surface area contributed by atoms with E-state index in [1.807, 2.05) is 49.9 Å². The number of unbranched alkanes of at least 4 members (excludes halogenated alkanes) is 1. The molecule has 1 aromatic rings. The maximum Gasteiger partial charge on any atom is 0.315 e. The van der Waals surface area contributed by atoms with Gasteiger partial charge in [0.2, 0.25) is 11.8 Å². The van der Waals surface area contributed by atoms with E-state index in [1.54, 1.807) is 0 Å². The molecule has 0 saturated carbocycles. The number of amides is 4. The summed E-state index contributed by atoms with van der Waals surface area (Å²) < 4.78 is 0. The maximum atomic E-state index is 12.3. The number of thioether (sulfide) groups is 1. The minimum Gasteiger partial charge on any atom is -0.350 e. The molecular formula is C21H30N4O3S. The molecule has 2 fully saturated rings. The molecule has 29 heavy (non-hydrogen) atoms. The first kappa shape index (κ1) is 21.5. The van der Waals surface area contributed by atoms with E-state index in [4.69, 9.17) is 0 Å². The molecule has 4 amide bonds. The smallest absolute Gasteiger partial charge is 0.315 e. The number of benzene rings is 1. The Labute approximate surface area is 176 Å². The summed E-state index contributed by atoms with van der Waals surface area (Å²) in [5.74, 6) is 0.998. The highest BCUT2D eigenvalue weighted by atomic mass is 32.2. The van der Waals surface area contributed by atoms with Gasteiger partial charge < -0.3 is 21.3 Å². The second kappa shape index (κ2) is 10.0. The highest BCUT2D eigenvalue weighted by Crippen LogP contribution is 2.33. The van der Waals surface area contributed by atoms with Crippen LogP contribution in [0.4, 0.5) is 10.5 Å². The monoisotopic (exact) mass is 418 g/mol. The summed E-state index contributed by atoms with van der Waals surface area (Å²) in [6.45, 7) is 3.77. The molecule has 8 heteroatoms. The van der Waals surface area contributed by atoms with Crippen LogP contribution in [0.1, 0.15) is 57.6 Å². The van der Waals surface area contributed by atoms with Crippen LogP contribution in [0.3, 0.4) is 0 Å². The lowest BCUT2D eigenvalue weighted by Crippen LogP contribution is -2.36. The highest BCUT2D eigenvalue weighted by molar-refractivity contribution is 8.00. The van der Waals surface area contributed by atoms with E-state index in [-0.39, 0.29) is 36.0 Å². The third-order valence-corrected chi connectivity index (χ3v) is 6.98. The van der Waals surface area contributed by atoms with Crippen molar-refractivity contribution in [3.8, 4) is 0 Å². The lowest BCUT2D eigenvalue weighted by Gasteiger charge is -2.17. The third kappa shape index (κ3) is 5.88. The molecule has 158 valence electrons. The van der Waals surface area contributed by atoms with Crippen LogP contribution in [0.15, 0.2) is 24.3 Å². The predicted molar refractivity (Wildman–Crippen MR) is 116 cm³/mol. The molecule has 2 aliphatic rings. The van der Waals surface area contributed by atoms with Crippen molar-refractivity contribution in [2.24, 2.45) is 0 Å². The van der Waals surface area contributed by atoms with Crippen molar-refractivity contribution in [3.63, 3.8) is 0 Å². The summed E-state index contributed by atoms with van der Waals surface area (Å²) in [5, 5.41) is 12.3. The Hall–Kier alpha value is -2.22. The SMILES string of the molecule is CCC(=O)Nc1ccc(C(C)NC(=O)CCCC[C@@H]2SC[C@@H]3NC(=O)N[C@@H]32)cc1. The van der Waals surface area contributed by atoms with Crippen molar-refractivity contribution in [1.82, 2.24) is 16.0 Å². The summed E-state index contributed by atoms with van der Waals surface area (Å²) in [6, 6.07) is 7.91. The molecule has 2 heterocycles. The second-order valence-corrected chi connectivity index (χ2v) is 8.95. The Morgan fingerprint density at radius 2 is 1.93 bits per heavy atom. The molecule has 0 radical (unpaired) electrons. The number of fused-ring (bicyclic) bond motifs is 1. The Bertz CT molecular complexity index is 740. The zero-order valence-corrected chi connectivity index (χ0v) is 17.8. The van der Waals surface area contributed by atoms with Gasteiger partial charge in [0.15, 0.2) is 0 Å². The third-order valence-electron chi connectivity index (χ3n) is 5.47. The topological polar surface area (TPSA) is 99.3 Å². The van der Waals surface area contributed by atoms with Gasteiger partial charge in [0.05, 0.1) is 18.1 Å². The van der Waals surface area contributed by atoms with Crippen LogP contribution in [0.5, 0.6) is 0 Å². The number of urea groups is 1. The molecule has 0 aliphatic carbocycles. The Morgan fingerprint density at radius 1 is 1.17 bits per heavy atom. The van der Waals surface area contributed by atoms with E-state index in [0.29, 0.717) is 18.1 Å². The van der Waals surface area contributed by atoms with Crippen molar-refractivity contribution >= 4 is 35.3 Å². The van der Waals surface area contributed by atoms with Crippen LogP contribution in [0.2, 0.25) is 0 Å². The van der Waals surface area contributed by atoms with Crippen LogP contribution in [0.25, 0.3) is 0 Å². The zero-order chi connectivity index (χ0) is 20.8. The average Bonchev–Trinajstić information content (AvgIpc) is 3.25. The van der Waals surface area contributed by atoms with Crippen molar-refractivity contribution in [1.29, 1.82) is 0 Å². The number of hydrogen-bond donors (Lipinski definition) is 4. The summed E-state index contributed by atoms with van der Waals surface area (Å²) >= 11 is 1.91. The van der Waals surface area contributed by atoms with Gasteiger partial charge in [-0.3, -0.25) is 9.59 Å². The fourth-order valence-corrected chi connectivity index (χ4v) is 5.32. The number of carbonyl (C=O) groups excluding carboxylic acids is 3. The highest BCUT2D eigenvalue weighted by Gasteiger charge is 2.42. The summed E-state index contributed by atoms with van der Waals surface area (Å²) in [6.07, 6.45) is 3.79. The van der Waals surface area contributed by atoms with Gasteiger partial charge in [-0.2, -0.15) is 11.8 Å². The van der Waals surface area contributed by atoms with Gasteiger partial charge in [-0.1, -0.05) is 25.5 Å². The minimum atomic E-state index is -0.0793. The van der Waals surface area contributed by atoms with Gasteiger partial charge in [-0.25, -0.2) is 4.79 Å². The van der Waals surface area contributed by atoms with Crippen LogP contribution in [0, 0.1) is 0 Å². The molecule has 4 atom stereocenters. The fraction of sp³-hybridized carbons (Fsp3) is 0.571. The van der Waals surface area contributed by atoms with Gasteiger partial charge in [0.25, 0.3) is 0 Å². The number of anilines is 1. The van der Waals surface area contributed by atoms with Gasteiger partial charge in [0.1, 0.15) is 0 Å². The number of hydrogen-bond acceptors (Lipinski definition) is 4. The van der Waals surface area contributed by atoms with Crippen molar-refractivity contribution in [2.45, 2.75) is 69.3 Å². The van der Waals surface area contributed by atoms with E-state index >= 15 is 0 Å². The standard InChI is InChI=1S/C21H30N4O3S/c1-3-18(26)23-15-10-8-14(9-11-15)13(2)22-19(27)7-5-4-6-17-20-16(12-29-17)24-21(28)25-20/h8-11,13,16-17,20H,3-7,12H2,1-2H3,(H,22,27)(H,23,26)(H2,24,25,28)/t13?,16-,17-,20-/m0/s1. The fourth-order valence-electron chi connectivity index (χ4n) is 3.78. The van der Waals surface area contributed by atoms with Gasteiger partial charge in [0, 0.05) is 29.5 Å². The summed E-state index contributed by atoms with van der Waals surface area (Å²) in [5.41, 5.74) is 1.77. The van der Waals surface area contributed by atoms with E-state index in [0.717, 1.165) is 36.3 Å². The number of nitrogens with one attached hydrogen (secondary N) is 4. The first-order chi connectivity index (χ1) is 14.0. The van der Waals surface area contributed by atoms with Crippen LogP contribution < -0.4 is 21.3 Å². The van der Waals surface area contributed by atoms with Crippen LogP contribution in [-0.4, -0.2) is 40.9 Å². The molecular weight excluding hydrogens is 388 g/mol. The first-order valence-corrected chi connectivity index (χ1v) is 11.4. The largest absolute Gasteiger partial charge is 0.350 e. The normalized spacial score (nSPS) is 23.7. The molecule has 0 spiro atoms. The summed E-state index contributed by atoms with van der Waals surface area (Å²) in [7, 11) is 0. The Balaban J connectivity index is 1.35. The molecule has 1 unspecified atom stereocenters. The lowest BCUT2D eigenvalue weighted by molar-refractivity contribution is -0.121. The second-order valence-electron chi connectivity index (χ2n) is 7.68. The Kier molecular flexibility index (Phi) is 7.41. The first-order valence-electron chi connectivity index (χ1n) is 10.3. The van der Waals surface area contributed by atoms with Crippen molar-refractivity contribution < 1.29 is 14.4 Å². The molecule has 1 aromatic carbocycles. The van der Waals surface area contributed by atoms with E-state index in [9.17, 15) is 14.4 Å². The average molecular weight is 419 g/mol. The van der Waals surface area contributed by atoms with Gasteiger partial charge in [-0.05, 0) is 37.5 Å². The van der Waals surface area contributed by atoms with E-state index < -0.39 is 0 Å². The van der Waals surface area contributed by atoms with E-state index in [1.165, 1.54) is 0 Å². The molecule has 2 saturated heterocycles. The van der Waals surface area contributed by atoms with Crippen LogP contribution in [-0.2, 0) is 9.59 Å². The van der Waals surface area contributed by atoms with Crippen molar-refractivity contribution in [3.05, 3.63) is 29.8 Å². The quantitative estimate of drug-likeness (QED) is 0.366. The number of carbonyl (C=O) groups is 3. The van der Waals surface area contributed by atoms with E-state index in [2.05, 4.69) is 21.3 Å². The summed E-state index contributed by atoms with van der Waals surface area (Å²) in [4.78, 5) is 35.1. The molecule has 3 rings (SSSR count). The van der Waals surface area contributed by atoms with Crippen LogP contribution >= 0.6 is 11.8 Å². The Morgan fingerprint density at radius 3 is 2.66 bits per heavy atom. The van der Waals surface area contributed by atoms with Gasteiger partial charge in [-0.15, -0.1) is 0 Å². The predicted octanol–water partition coefficient (Wildman–Crippen LogP) is 2.94. The molecule has 7 nitrogen and oxygen atoms in total. The molecule has 2 aliphatic heterocycles. The zero-order valence-electron chi connectivity index (χ0n) is 17.0.